The molecule has 3 aromatic rings. The first-order valence-corrected chi connectivity index (χ1v) is 13.8. The number of thiazole rings is 1. The topological polar surface area (TPSA) is 66.0 Å². The van der Waals surface area contributed by atoms with Crippen molar-refractivity contribution in [1.29, 1.82) is 0 Å². The number of piperazine rings is 1. The van der Waals surface area contributed by atoms with Crippen molar-refractivity contribution in [3.05, 3.63) is 69.1 Å². The third-order valence-corrected chi connectivity index (χ3v) is 8.44. The number of fused-ring (bicyclic) bond motifs is 1. The number of anilines is 2. The number of amides is 2. The predicted molar refractivity (Wildman–Crippen MR) is 148 cm³/mol. The van der Waals surface area contributed by atoms with Gasteiger partial charge in [0.1, 0.15) is 16.5 Å². The van der Waals surface area contributed by atoms with Crippen LogP contribution in [0.4, 0.5) is 11.4 Å². The lowest BCUT2D eigenvalue weighted by Crippen LogP contribution is -2.48. The Morgan fingerprint density at radius 3 is 2.65 bits per heavy atom. The minimum absolute atomic E-state index is 0.00240. The van der Waals surface area contributed by atoms with E-state index in [1.807, 2.05) is 35.2 Å². The molecule has 1 fully saturated rings. The van der Waals surface area contributed by atoms with Crippen molar-refractivity contribution >= 4 is 46.1 Å². The molecule has 0 saturated carbocycles. The molecular weight excluding hydrogens is 508 g/mol. The molecule has 7 nitrogen and oxygen atoms in total. The lowest BCUT2D eigenvalue weighted by molar-refractivity contribution is -0.121. The highest BCUT2D eigenvalue weighted by atomic mass is 35.5. The van der Waals surface area contributed by atoms with Crippen LogP contribution in [0.5, 0.6) is 5.75 Å². The van der Waals surface area contributed by atoms with Crippen LogP contribution < -0.4 is 14.5 Å². The van der Waals surface area contributed by atoms with Crippen molar-refractivity contribution in [3.8, 4) is 5.75 Å². The highest BCUT2D eigenvalue weighted by Gasteiger charge is 2.30. The van der Waals surface area contributed by atoms with E-state index in [0.717, 1.165) is 41.5 Å². The van der Waals surface area contributed by atoms with E-state index in [-0.39, 0.29) is 23.8 Å². The van der Waals surface area contributed by atoms with Gasteiger partial charge in [-0.25, -0.2) is 4.98 Å². The second kappa shape index (κ2) is 10.3. The molecule has 2 aliphatic heterocycles. The van der Waals surface area contributed by atoms with Crippen LogP contribution in [0.25, 0.3) is 0 Å². The van der Waals surface area contributed by atoms with E-state index in [0.29, 0.717) is 36.1 Å². The molecule has 2 amide bonds. The van der Waals surface area contributed by atoms with Gasteiger partial charge in [0.05, 0.1) is 12.2 Å². The highest BCUT2D eigenvalue weighted by molar-refractivity contribution is 7.09. The van der Waals surface area contributed by atoms with E-state index < -0.39 is 0 Å². The lowest BCUT2D eigenvalue weighted by Gasteiger charge is -2.35. The first-order chi connectivity index (χ1) is 17.7. The predicted octanol–water partition coefficient (Wildman–Crippen LogP) is 5.37. The van der Waals surface area contributed by atoms with E-state index in [4.69, 9.17) is 16.3 Å². The van der Waals surface area contributed by atoms with Gasteiger partial charge in [-0.3, -0.25) is 14.5 Å². The molecule has 0 N–H and O–H groups in total. The summed E-state index contributed by atoms with van der Waals surface area (Å²) in [4.78, 5) is 36.4. The maximum Gasteiger partial charge on any atom is 0.273 e. The summed E-state index contributed by atoms with van der Waals surface area (Å²) in [6.07, 6.45) is 0.978. The van der Waals surface area contributed by atoms with Gasteiger partial charge in [0, 0.05) is 42.3 Å². The van der Waals surface area contributed by atoms with E-state index in [9.17, 15) is 9.59 Å². The summed E-state index contributed by atoms with van der Waals surface area (Å²) in [7, 11) is 0. The molecule has 9 heteroatoms. The van der Waals surface area contributed by atoms with Gasteiger partial charge in [0.2, 0.25) is 0 Å². The van der Waals surface area contributed by atoms with Crippen molar-refractivity contribution < 1.29 is 14.3 Å². The van der Waals surface area contributed by atoms with Crippen molar-refractivity contribution in [1.82, 2.24) is 9.88 Å². The number of hydrogen-bond acceptors (Lipinski definition) is 6. The number of hydrogen-bond donors (Lipinski definition) is 0. The van der Waals surface area contributed by atoms with Crippen molar-refractivity contribution in [2.45, 2.75) is 39.2 Å². The van der Waals surface area contributed by atoms with Crippen LogP contribution in [0, 0.1) is 0 Å². The molecule has 0 bridgehead atoms. The summed E-state index contributed by atoms with van der Waals surface area (Å²) in [6.45, 7) is 9.55. The molecule has 194 valence electrons. The number of carbonyl (C=O) groups excluding carboxylic acids is 2. The number of nitrogens with zero attached hydrogens (tertiary/aromatic N) is 4. The zero-order valence-corrected chi connectivity index (χ0v) is 22.9. The minimum atomic E-state index is -0.112. The highest BCUT2D eigenvalue weighted by Crippen LogP contribution is 2.38. The number of benzene rings is 2. The number of rotatable bonds is 6. The van der Waals surface area contributed by atoms with E-state index >= 15 is 0 Å². The van der Waals surface area contributed by atoms with Crippen molar-refractivity contribution in [3.63, 3.8) is 0 Å². The van der Waals surface area contributed by atoms with Gasteiger partial charge in [-0.15, -0.1) is 11.3 Å². The number of ether oxygens (including phenoxy) is 1. The Kier molecular flexibility index (Phi) is 7.14. The van der Waals surface area contributed by atoms with Crippen LogP contribution in [0.15, 0.2) is 47.8 Å². The average molecular weight is 539 g/mol. The normalized spacial score (nSPS) is 16.0. The summed E-state index contributed by atoms with van der Waals surface area (Å²) >= 11 is 7.54. The fourth-order valence-corrected chi connectivity index (χ4v) is 5.56. The van der Waals surface area contributed by atoms with E-state index in [2.05, 4.69) is 42.8 Å². The van der Waals surface area contributed by atoms with E-state index in [1.54, 1.807) is 10.3 Å². The minimum Gasteiger partial charge on any atom is -0.482 e. The van der Waals surface area contributed by atoms with Gasteiger partial charge in [0.25, 0.3) is 11.8 Å². The fourth-order valence-electron chi connectivity index (χ4n) is 4.62. The average Bonchev–Trinajstić information content (AvgIpc) is 3.38. The second-order valence-electron chi connectivity index (χ2n) is 10.1. The largest absolute Gasteiger partial charge is 0.482 e. The zero-order valence-electron chi connectivity index (χ0n) is 21.4. The Bertz CT molecular complexity index is 1320. The Hall–Kier alpha value is -3.10. The molecular formula is C28H31ClN4O3S. The van der Waals surface area contributed by atoms with Crippen LogP contribution >= 0.6 is 22.9 Å². The van der Waals surface area contributed by atoms with Crippen molar-refractivity contribution in [2.75, 3.05) is 42.6 Å². The molecule has 0 aliphatic carbocycles. The van der Waals surface area contributed by atoms with Crippen LogP contribution in [0.2, 0.25) is 5.02 Å². The smallest absolute Gasteiger partial charge is 0.273 e. The van der Waals surface area contributed by atoms with Crippen LogP contribution in [0.1, 0.15) is 48.3 Å². The van der Waals surface area contributed by atoms with Gasteiger partial charge >= 0.3 is 0 Å². The molecule has 5 rings (SSSR count). The fraction of sp³-hybridized carbons (Fsp3) is 0.393. The summed E-state index contributed by atoms with van der Waals surface area (Å²) in [6, 6.07) is 13.9. The molecule has 0 unspecified atom stereocenters. The van der Waals surface area contributed by atoms with Crippen LogP contribution in [0.3, 0.4) is 0 Å². The van der Waals surface area contributed by atoms with Gasteiger partial charge in [-0.2, -0.15) is 0 Å². The third-order valence-electron chi connectivity index (χ3n) is 7.37. The van der Waals surface area contributed by atoms with Gasteiger partial charge in [-0.05, 0) is 47.7 Å². The maximum absolute atomic E-state index is 13.2. The summed E-state index contributed by atoms with van der Waals surface area (Å²) in [5.74, 6) is 0.508. The van der Waals surface area contributed by atoms with Crippen LogP contribution in [-0.2, 0) is 16.8 Å². The Balaban J connectivity index is 1.27. The summed E-state index contributed by atoms with van der Waals surface area (Å²) in [5, 5.41) is 3.23. The van der Waals surface area contributed by atoms with Crippen LogP contribution in [-0.4, -0.2) is 54.5 Å². The summed E-state index contributed by atoms with van der Waals surface area (Å²) in [5.41, 5.74) is 3.40. The monoisotopic (exact) mass is 538 g/mol. The molecule has 2 aromatic carbocycles. The van der Waals surface area contributed by atoms with Gasteiger partial charge in [-0.1, -0.05) is 44.5 Å². The number of aromatic nitrogens is 1. The molecule has 2 aliphatic rings. The van der Waals surface area contributed by atoms with Crippen molar-refractivity contribution in [2.24, 2.45) is 0 Å². The molecule has 3 heterocycles. The lowest BCUT2D eigenvalue weighted by atomic mass is 9.82. The third kappa shape index (κ3) is 5.31. The Labute approximate surface area is 226 Å². The summed E-state index contributed by atoms with van der Waals surface area (Å²) < 4.78 is 5.69. The zero-order chi connectivity index (χ0) is 26.2. The Morgan fingerprint density at radius 2 is 1.92 bits per heavy atom. The number of carbonyl (C=O) groups is 2. The van der Waals surface area contributed by atoms with Gasteiger partial charge in [0.15, 0.2) is 6.61 Å². The first kappa shape index (κ1) is 25.5. The SMILES string of the molecule is CCC(C)(C)c1ccc2c(c1)N(Cc1nc(C(=O)N3CCN(c4cccc(Cl)c4)CC3)cs1)C(=O)CO2. The second-order valence-corrected chi connectivity index (χ2v) is 11.5. The molecule has 37 heavy (non-hydrogen) atoms. The maximum atomic E-state index is 13.2. The molecule has 0 atom stereocenters. The molecule has 0 radical (unpaired) electrons. The standard InChI is InChI=1S/C28H31ClN4O3S/c1-4-28(2,3)19-8-9-24-23(14-19)33(26(34)17-36-24)16-25-30-22(18-37-25)27(35)32-12-10-31(11-13-32)21-7-5-6-20(29)15-21/h5-9,14-15,18H,4,10-13,16-17H2,1-3H3. The quantitative estimate of drug-likeness (QED) is 0.422. The molecule has 1 aromatic heterocycles. The molecule has 1 saturated heterocycles. The number of halogens is 1. The van der Waals surface area contributed by atoms with E-state index in [1.165, 1.54) is 11.3 Å². The first-order valence-electron chi connectivity index (χ1n) is 12.6. The van der Waals surface area contributed by atoms with Gasteiger partial charge < -0.3 is 14.5 Å². The Morgan fingerprint density at radius 1 is 1.14 bits per heavy atom. The molecule has 0 spiro atoms.